The van der Waals surface area contributed by atoms with Crippen molar-refractivity contribution in [2.45, 2.75) is 19.4 Å². The lowest BCUT2D eigenvalue weighted by Crippen LogP contribution is -2.38. The molecule has 0 aliphatic heterocycles. The van der Waals surface area contributed by atoms with Gasteiger partial charge in [0, 0.05) is 4.70 Å². The number of hydrogen-bond acceptors (Lipinski definition) is 3. The Morgan fingerprint density at radius 3 is 2.94 bits per heavy atom. The van der Waals surface area contributed by atoms with Gasteiger partial charge < -0.3 is 10.4 Å². The van der Waals surface area contributed by atoms with E-state index >= 15 is 0 Å². The van der Waals surface area contributed by atoms with E-state index in [1.165, 1.54) is 10.1 Å². The van der Waals surface area contributed by atoms with Crippen LogP contribution in [0.2, 0.25) is 0 Å². The first-order valence-corrected chi connectivity index (χ1v) is 6.51. The van der Waals surface area contributed by atoms with E-state index in [-0.39, 0.29) is 0 Å². The van der Waals surface area contributed by atoms with Gasteiger partial charge in [-0.1, -0.05) is 25.1 Å². The first kappa shape index (κ1) is 12.1. The van der Waals surface area contributed by atoms with Crippen LogP contribution in [0.1, 0.15) is 12.5 Å². The Balaban J connectivity index is 2.25. The Kier molecular flexibility index (Phi) is 3.76. The standard InChI is InChI=1S/C13H15NO2S/c1-2-14-11(13(15)16)7-9-8-17-12-6-4-3-5-10(9)12/h3-6,8,11,14H,2,7H2,1H3,(H,15,16)/t11-/m0/s1. The van der Waals surface area contributed by atoms with Crippen molar-refractivity contribution in [1.82, 2.24) is 5.32 Å². The number of nitrogens with one attached hydrogen (secondary N) is 1. The van der Waals surface area contributed by atoms with E-state index in [0.717, 1.165) is 5.56 Å². The van der Waals surface area contributed by atoms with Gasteiger partial charge in [-0.3, -0.25) is 4.79 Å². The molecule has 2 rings (SSSR count). The smallest absolute Gasteiger partial charge is 0.321 e. The predicted octanol–water partition coefficient (Wildman–Crippen LogP) is 2.51. The lowest BCUT2D eigenvalue weighted by atomic mass is 10.1. The van der Waals surface area contributed by atoms with Gasteiger partial charge >= 0.3 is 5.97 Å². The first-order chi connectivity index (χ1) is 8.22. The molecule has 1 heterocycles. The van der Waals surface area contributed by atoms with Gasteiger partial charge in [0.25, 0.3) is 0 Å². The summed E-state index contributed by atoms with van der Waals surface area (Å²) < 4.78 is 1.21. The second-order valence-electron chi connectivity index (χ2n) is 3.91. The summed E-state index contributed by atoms with van der Waals surface area (Å²) in [7, 11) is 0. The molecule has 0 unspecified atom stereocenters. The third-order valence-electron chi connectivity index (χ3n) is 2.73. The number of benzene rings is 1. The van der Waals surface area contributed by atoms with Gasteiger partial charge in [-0.25, -0.2) is 0 Å². The first-order valence-electron chi connectivity index (χ1n) is 5.63. The number of rotatable bonds is 5. The molecule has 2 aromatic rings. The molecule has 3 nitrogen and oxygen atoms in total. The fraction of sp³-hybridized carbons (Fsp3) is 0.308. The number of likely N-dealkylation sites (N-methyl/N-ethyl adjacent to an activating group) is 1. The summed E-state index contributed by atoms with van der Waals surface area (Å²) in [6, 6.07) is 7.60. The average Bonchev–Trinajstić information content (AvgIpc) is 2.72. The van der Waals surface area contributed by atoms with E-state index < -0.39 is 12.0 Å². The van der Waals surface area contributed by atoms with Gasteiger partial charge in [-0.2, -0.15) is 0 Å². The lowest BCUT2D eigenvalue weighted by molar-refractivity contribution is -0.139. The van der Waals surface area contributed by atoms with Crippen molar-refractivity contribution < 1.29 is 9.90 Å². The second kappa shape index (κ2) is 5.29. The maximum atomic E-state index is 11.1. The predicted molar refractivity (Wildman–Crippen MR) is 70.6 cm³/mol. The number of thiophene rings is 1. The van der Waals surface area contributed by atoms with E-state index in [0.29, 0.717) is 13.0 Å². The fourth-order valence-corrected chi connectivity index (χ4v) is 2.88. The molecule has 0 fully saturated rings. The van der Waals surface area contributed by atoms with Gasteiger partial charge in [0.05, 0.1) is 0 Å². The highest BCUT2D eigenvalue weighted by molar-refractivity contribution is 7.17. The number of hydrogen-bond donors (Lipinski definition) is 2. The van der Waals surface area contributed by atoms with E-state index in [1.54, 1.807) is 11.3 Å². The van der Waals surface area contributed by atoms with Crippen LogP contribution in [0.3, 0.4) is 0 Å². The van der Waals surface area contributed by atoms with E-state index in [2.05, 4.69) is 16.8 Å². The normalized spacial score (nSPS) is 12.8. The minimum Gasteiger partial charge on any atom is -0.480 e. The molecule has 0 amide bonds. The molecule has 0 saturated carbocycles. The van der Waals surface area contributed by atoms with Crippen LogP contribution in [0.15, 0.2) is 29.6 Å². The minimum atomic E-state index is -0.790. The van der Waals surface area contributed by atoms with Crippen molar-refractivity contribution in [3.05, 3.63) is 35.2 Å². The summed E-state index contributed by atoms with van der Waals surface area (Å²) in [5, 5.41) is 15.3. The third kappa shape index (κ3) is 2.65. The van der Waals surface area contributed by atoms with Crippen LogP contribution < -0.4 is 5.32 Å². The van der Waals surface area contributed by atoms with Crippen molar-refractivity contribution in [3.8, 4) is 0 Å². The average molecular weight is 249 g/mol. The Labute approximate surface area is 104 Å². The molecule has 17 heavy (non-hydrogen) atoms. The summed E-state index contributed by atoms with van der Waals surface area (Å²) in [6.07, 6.45) is 0.535. The monoisotopic (exact) mass is 249 g/mol. The topological polar surface area (TPSA) is 49.3 Å². The molecular weight excluding hydrogens is 234 g/mol. The third-order valence-corrected chi connectivity index (χ3v) is 3.75. The van der Waals surface area contributed by atoms with Crippen molar-refractivity contribution in [3.63, 3.8) is 0 Å². The van der Waals surface area contributed by atoms with Gasteiger partial charge in [-0.15, -0.1) is 11.3 Å². The van der Waals surface area contributed by atoms with Crippen LogP contribution in [-0.2, 0) is 11.2 Å². The summed E-state index contributed by atoms with van der Waals surface area (Å²) in [4.78, 5) is 11.1. The Hall–Kier alpha value is -1.39. The molecule has 0 aliphatic carbocycles. The van der Waals surface area contributed by atoms with Crippen LogP contribution in [0.4, 0.5) is 0 Å². The van der Waals surface area contributed by atoms with Crippen LogP contribution in [-0.4, -0.2) is 23.7 Å². The maximum Gasteiger partial charge on any atom is 0.321 e. The summed E-state index contributed by atoms with van der Waals surface area (Å²) in [5.74, 6) is -0.790. The molecule has 4 heteroatoms. The highest BCUT2D eigenvalue weighted by Crippen LogP contribution is 2.26. The fourth-order valence-electron chi connectivity index (χ4n) is 1.90. The number of carboxylic acid groups (broad SMARTS) is 1. The molecule has 1 atom stereocenters. The quantitative estimate of drug-likeness (QED) is 0.856. The van der Waals surface area contributed by atoms with Crippen molar-refractivity contribution in [1.29, 1.82) is 0 Å². The summed E-state index contributed by atoms with van der Waals surface area (Å²) in [6.45, 7) is 2.58. The molecule has 90 valence electrons. The van der Waals surface area contributed by atoms with Crippen LogP contribution in [0, 0.1) is 0 Å². The lowest BCUT2D eigenvalue weighted by Gasteiger charge is -2.12. The number of fused-ring (bicyclic) bond motifs is 1. The van der Waals surface area contributed by atoms with E-state index in [9.17, 15) is 4.79 Å². The zero-order valence-electron chi connectivity index (χ0n) is 9.64. The SMILES string of the molecule is CCN[C@@H](Cc1csc2ccccc12)C(=O)O. The number of aliphatic carboxylic acids is 1. The highest BCUT2D eigenvalue weighted by Gasteiger charge is 2.18. The van der Waals surface area contributed by atoms with Gasteiger partial charge in [0.1, 0.15) is 6.04 Å². The molecular formula is C13H15NO2S. The van der Waals surface area contributed by atoms with E-state index in [4.69, 9.17) is 5.11 Å². The summed E-state index contributed by atoms with van der Waals surface area (Å²) in [5.41, 5.74) is 1.11. The van der Waals surface area contributed by atoms with Gasteiger partial charge in [0.2, 0.25) is 0 Å². The van der Waals surface area contributed by atoms with Crippen LogP contribution in [0.25, 0.3) is 10.1 Å². The molecule has 0 spiro atoms. The zero-order chi connectivity index (χ0) is 12.3. The highest BCUT2D eigenvalue weighted by atomic mass is 32.1. The largest absolute Gasteiger partial charge is 0.480 e. The Bertz CT molecular complexity index is 521. The Morgan fingerprint density at radius 1 is 1.47 bits per heavy atom. The van der Waals surface area contributed by atoms with Crippen LogP contribution in [0.5, 0.6) is 0 Å². The maximum absolute atomic E-state index is 11.1. The molecule has 1 aromatic carbocycles. The second-order valence-corrected chi connectivity index (χ2v) is 4.82. The number of carbonyl (C=O) groups is 1. The summed E-state index contributed by atoms with van der Waals surface area (Å²) >= 11 is 1.67. The molecule has 0 bridgehead atoms. The van der Waals surface area contributed by atoms with E-state index in [1.807, 2.05) is 25.1 Å². The van der Waals surface area contributed by atoms with Gasteiger partial charge in [-0.05, 0) is 35.4 Å². The van der Waals surface area contributed by atoms with Crippen molar-refractivity contribution in [2.75, 3.05) is 6.54 Å². The van der Waals surface area contributed by atoms with Gasteiger partial charge in [0.15, 0.2) is 0 Å². The molecule has 0 saturated heterocycles. The molecule has 0 aliphatic rings. The molecule has 1 aromatic heterocycles. The number of carboxylic acids is 1. The van der Waals surface area contributed by atoms with Crippen LogP contribution >= 0.6 is 11.3 Å². The zero-order valence-corrected chi connectivity index (χ0v) is 10.5. The minimum absolute atomic E-state index is 0.502. The molecule has 2 N–H and O–H groups in total. The van der Waals surface area contributed by atoms with Crippen molar-refractivity contribution >= 4 is 27.4 Å². The Morgan fingerprint density at radius 2 is 2.24 bits per heavy atom. The molecule has 0 radical (unpaired) electrons. The van der Waals surface area contributed by atoms with Crippen molar-refractivity contribution in [2.24, 2.45) is 0 Å².